The van der Waals surface area contributed by atoms with E-state index in [-0.39, 0.29) is 24.1 Å². The number of Topliss-reactive ketones (excluding diaryl/α,β-unsaturated/α-hetero) is 1. The van der Waals surface area contributed by atoms with Crippen LogP contribution in [0.25, 0.3) is 6.08 Å². The third-order valence-corrected chi connectivity index (χ3v) is 7.63. The molecule has 1 saturated heterocycles. The van der Waals surface area contributed by atoms with Crippen molar-refractivity contribution in [2.45, 2.75) is 20.0 Å². The third kappa shape index (κ3) is 4.82. The summed E-state index contributed by atoms with van der Waals surface area (Å²) in [6, 6.07) is 13.2. The second-order valence-electron chi connectivity index (χ2n) is 10.2. The number of hydrogen-bond acceptors (Lipinski definition) is 9. The standard InChI is InChI=1S/C31H32N2O7/c1-19-13-23(34)22(17-33-11-9-32(10-12-33)16-20-7-8-24-26(14-20)39-18-38-24)31-28(19)29(35)27(40-31)15-21-5-4-6-25(36-2)30(21)37-3/h4-8,13-15,34H,9-12,16-18H2,1-3H3/b27-15-. The number of phenolic OH excluding ortho intramolecular Hbond substituents is 1. The van der Waals surface area contributed by atoms with Crippen LogP contribution in [0.5, 0.6) is 34.5 Å². The monoisotopic (exact) mass is 544 g/mol. The van der Waals surface area contributed by atoms with E-state index in [0.717, 1.165) is 44.2 Å². The first-order valence-electron chi connectivity index (χ1n) is 13.3. The van der Waals surface area contributed by atoms with Crippen LogP contribution in [0, 0.1) is 6.92 Å². The number of fused-ring (bicyclic) bond motifs is 2. The van der Waals surface area contributed by atoms with Crippen LogP contribution in [0.1, 0.15) is 32.6 Å². The number of ether oxygens (including phenoxy) is 5. The molecule has 9 heteroatoms. The lowest BCUT2D eigenvalue weighted by atomic mass is 9.99. The van der Waals surface area contributed by atoms with E-state index < -0.39 is 0 Å². The maximum atomic E-state index is 13.4. The molecule has 0 aromatic heterocycles. The van der Waals surface area contributed by atoms with Crippen LogP contribution in [0.2, 0.25) is 0 Å². The van der Waals surface area contributed by atoms with Crippen molar-refractivity contribution in [3.63, 3.8) is 0 Å². The minimum Gasteiger partial charge on any atom is -0.507 e. The highest BCUT2D eigenvalue weighted by atomic mass is 16.7. The number of ketones is 1. The van der Waals surface area contributed by atoms with Gasteiger partial charge in [0.05, 0.1) is 25.3 Å². The highest BCUT2D eigenvalue weighted by Gasteiger charge is 2.34. The molecule has 3 aliphatic heterocycles. The molecule has 0 saturated carbocycles. The van der Waals surface area contributed by atoms with Crippen LogP contribution >= 0.6 is 0 Å². The Bertz CT molecular complexity index is 1490. The average molecular weight is 545 g/mol. The lowest BCUT2D eigenvalue weighted by molar-refractivity contribution is 0.101. The summed E-state index contributed by atoms with van der Waals surface area (Å²) in [4.78, 5) is 18.1. The van der Waals surface area contributed by atoms with Crippen molar-refractivity contribution in [2.75, 3.05) is 47.2 Å². The third-order valence-electron chi connectivity index (χ3n) is 7.63. The first kappa shape index (κ1) is 26.0. The Morgan fingerprint density at radius 1 is 0.950 bits per heavy atom. The number of hydrogen-bond donors (Lipinski definition) is 1. The lowest BCUT2D eigenvalue weighted by Crippen LogP contribution is -2.45. The molecule has 40 heavy (non-hydrogen) atoms. The van der Waals surface area contributed by atoms with Crippen LogP contribution in [-0.2, 0) is 13.1 Å². The van der Waals surface area contributed by atoms with Crippen molar-refractivity contribution in [3.05, 3.63) is 76.0 Å². The van der Waals surface area contributed by atoms with Gasteiger partial charge in [0.15, 0.2) is 28.8 Å². The minimum atomic E-state index is -0.216. The van der Waals surface area contributed by atoms with Gasteiger partial charge >= 0.3 is 0 Å². The predicted octanol–water partition coefficient (Wildman–Crippen LogP) is 4.38. The van der Waals surface area contributed by atoms with Crippen LogP contribution in [0.3, 0.4) is 0 Å². The zero-order chi connectivity index (χ0) is 27.8. The fraction of sp³-hybridized carbons (Fsp3) is 0.323. The summed E-state index contributed by atoms with van der Waals surface area (Å²) < 4.78 is 28.0. The van der Waals surface area contributed by atoms with Gasteiger partial charge < -0.3 is 28.8 Å². The number of para-hydroxylation sites is 1. The smallest absolute Gasteiger partial charge is 0.232 e. The normalized spacial score (nSPS) is 17.7. The van der Waals surface area contributed by atoms with Gasteiger partial charge in [0.25, 0.3) is 0 Å². The number of phenols is 1. The molecule has 0 radical (unpaired) electrons. The molecular formula is C31H32N2O7. The molecule has 3 aromatic carbocycles. The summed E-state index contributed by atoms with van der Waals surface area (Å²) in [6.07, 6.45) is 1.67. The number of methoxy groups -OCH3 is 2. The van der Waals surface area contributed by atoms with E-state index in [0.29, 0.717) is 46.0 Å². The summed E-state index contributed by atoms with van der Waals surface area (Å²) in [7, 11) is 3.12. The molecular weight excluding hydrogens is 512 g/mol. The van der Waals surface area contributed by atoms with E-state index in [1.165, 1.54) is 5.56 Å². The first-order chi connectivity index (χ1) is 19.4. The Kier molecular flexibility index (Phi) is 7.00. The molecule has 1 fully saturated rings. The number of carbonyl (C=O) groups is 1. The van der Waals surface area contributed by atoms with Crippen LogP contribution in [-0.4, -0.2) is 67.9 Å². The number of rotatable bonds is 7. The second kappa shape index (κ2) is 10.7. The van der Waals surface area contributed by atoms with Gasteiger partial charge in [-0.25, -0.2) is 0 Å². The number of aryl methyl sites for hydroxylation is 1. The van der Waals surface area contributed by atoms with Gasteiger partial charge in [-0.15, -0.1) is 0 Å². The van der Waals surface area contributed by atoms with Gasteiger partial charge in [-0.2, -0.15) is 0 Å². The molecule has 0 aliphatic carbocycles. The Labute approximate surface area is 233 Å². The summed E-state index contributed by atoms with van der Waals surface area (Å²) in [5.41, 5.74) is 3.64. The fourth-order valence-corrected chi connectivity index (χ4v) is 5.53. The summed E-state index contributed by atoms with van der Waals surface area (Å²) >= 11 is 0. The van der Waals surface area contributed by atoms with Crippen molar-refractivity contribution >= 4 is 11.9 Å². The number of nitrogens with zero attached hydrogens (tertiary/aromatic N) is 2. The molecule has 3 aromatic rings. The van der Waals surface area contributed by atoms with E-state index >= 15 is 0 Å². The van der Waals surface area contributed by atoms with Gasteiger partial charge in [-0.3, -0.25) is 14.6 Å². The fourth-order valence-electron chi connectivity index (χ4n) is 5.53. The molecule has 9 nitrogen and oxygen atoms in total. The Balaban J connectivity index is 1.17. The number of aromatic hydroxyl groups is 1. The Hall–Kier alpha value is -4.21. The molecule has 0 amide bonds. The number of benzene rings is 3. The molecule has 3 heterocycles. The molecule has 1 N–H and O–H groups in total. The predicted molar refractivity (Wildman–Crippen MR) is 148 cm³/mol. The molecule has 6 rings (SSSR count). The largest absolute Gasteiger partial charge is 0.507 e. The second-order valence-corrected chi connectivity index (χ2v) is 10.2. The van der Waals surface area contributed by atoms with E-state index in [1.54, 1.807) is 32.4 Å². The van der Waals surface area contributed by atoms with Gasteiger partial charge in [-0.1, -0.05) is 18.2 Å². The highest BCUT2D eigenvalue weighted by Crippen LogP contribution is 2.43. The van der Waals surface area contributed by atoms with Gasteiger partial charge in [-0.05, 0) is 48.4 Å². The number of piperazine rings is 1. The highest BCUT2D eigenvalue weighted by molar-refractivity contribution is 6.16. The van der Waals surface area contributed by atoms with Crippen molar-refractivity contribution in [1.82, 2.24) is 9.80 Å². The summed E-state index contributed by atoms with van der Waals surface area (Å²) in [5.74, 6) is 3.20. The molecule has 208 valence electrons. The molecule has 0 bridgehead atoms. The van der Waals surface area contributed by atoms with Crippen molar-refractivity contribution in [3.8, 4) is 34.5 Å². The Morgan fingerprint density at radius 3 is 2.45 bits per heavy atom. The number of carbonyl (C=O) groups excluding carboxylic acids is 1. The quantitative estimate of drug-likeness (QED) is 0.435. The van der Waals surface area contributed by atoms with E-state index in [9.17, 15) is 9.90 Å². The zero-order valence-corrected chi connectivity index (χ0v) is 22.9. The molecule has 0 atom stereocenters. The summed E-state index contributed by atoms with van der Waals surface area (Å²) in [6.45, 7) is 6.80. The van der Waals surface area contributed by atoms with Crippen LogP contribution < -0.4 is 23.7 Å². The van der Waals surface area contributed by atoms with Crippen molar-refractivity contribution in [1.29, 1.82) is 0 Å². The van der Waals surface area contributed by atoms with Crippen LogP contribution in [0.4, 0.5) is 0 Å². The Morgan fingerprint density at radius 2 is 1.70 bits per heavy atom. The summed E-state index contributed by atoms with van der Waals surface area (Å²) in [5, 5.41) is 10.9. The van der Waals surface area contributed by atoms with E-state index in [4.69, 9.17) is 23.7 Å². The van der Waals surface area contributed by atoms with Crippen LogP contribution in [0.15, 0.2) is 48.2 Å². The lowest BCUT2D eigenvalue weighted by Gasteiger charge is -2.35. The van der Waals surface area contributed by atoms with Gasteiger partial charge in [0.1, 0.15) is 11.5 Å². The average Bonchev–Trinajstić information content (AvgIpc) is 3.56. The first-order valence-corrected chi connectivity index (χ1v) is 13.3. The maximum Gasteiger partial charge on any atom is 0.232 e. The SMILES string of the molecule is COc1cccc(/C=C2\Oc3c(CN4CCN(Cc5ccc6c(c5)OCO6)CC4)c(O)cc(C)c3C2=O)c1OC. The number of allylic oxidation sites excluding steroid dienone is 1. The molecule has 3 aliphatic rings. The van der Waals surface area contributed by atoms with E-state index in [2.05, 4.69) is 15.9 Å². The van der Waals surface area contributed by atoms with E-state index in [1.807, 2.05) is 31.2 Å². The minimum absolute atomic E-state index is 0.132. The maximum absolute atomic E-state index is 13.4. The molecule has 0 unspecified atom stereocenters. The topological polar surface area (TPSA) is 89.9 Å². The van der Waals surface area contributed by atoms with Gasteiger partial charge in [0.2, 0.25) is 12.6 Å². The van der Waals surface area contributed by atoms with Gasteiger partial charge in [0, 0.05) is 44.8 Å². The van der Waals surface area contributed by atoms with Crippen molar-refractivity contribution < 1.29 is 33.6 Å². The molecule has 0 spiro atoms. The van der Waals surface area contributed by atoms with Crippen molar-refractivity contribution in [2.24, 2.45) is 0 Å². The zero-order valence-electron chi connectivity index (χ0n) is 22.9.